The van der Waals surface area contributed by atoms with Gasteiger partial charge in [-0.1, -0.05) is 18.2 Å². The Morgan fingerprint density at radius 2 is 2.04 bits per heavy atom. The predicted octanol–water partition coefficient (Wildman–Crippen LogP) is 4.21. The summed E-state index contributed by atoms with van der Waals surface area (Å²) in [4.78, 5) is 0. The number of hydrogen-bond acceptors (Lipinski definition) is 3. The highest BCUT2D eigenvalue weighted by molar-refractivity contribution is 5.53. The van der Waals surface area contributed by atoms with Crippen molar-refractivity contribution in [1.82, 2.24) is 0 Å². The molecular formula is C20H22O3. The third-order valence-electron chi connectivity index (χ3n) is 4.90. The Labute approximate surface area is 136 Å². The molecule has 2 aromatic rings. The van der Waals surface area contributed by atoms with E-state index in [2.05, 4.69) is 32.0 Å². The summed E-state index contributed by atoms with van der Waals surface area (Å²) < 4.78 is 12.2. The van der Waals surface area contributed by atoms with Crippen molar-refractivity contribution in [3.05, 3.63) is 53.1 Å². The van der Waals surface area contributed by atoms with Gasteiger partial charge in [0.05, 0.1) is 6.61 Å². The standard InChI is InChI=1S/C20H22O3/c1-20(2)9-8-17-18(23-20)7-6-14-10-15(12-22-19(14)17)13-4-3-5-16(21)11-13/h3-7,11,15,21H,8-10,12H2,1-2H3. The van der Waals surface area contributed by atoms with Gasteiger partial charge in [0.25, 0.3) is 0 Å². The van der Waals surface area contributed by atoms with Crippen molar-refractivity contribution in [2.24, 2.45) is 0 Å². The number of hydrogen-bond donors (Lipinski definition) is 1. The number of phenolic OH excluding ortho intramolecular Hbond substituents is 1. The van der Waals surface area contributed by atoms with E-state index >= 15 is 0 Å². The van der Waals surface area contributed by atoms with Crippen LogP contribution < -0.4 is 9.47 Å². The molecule has 2 heterocycles. The lowest BCUT2D eigenvalue weighted by molar-refractivity contribution is 0.0827. The van der Waals surface area contributed by atoms with Crippen molar-refractivity contribution < 1.29 is 14.6 Å². The number of ether oxygens (including phenoxy) is 2. The van der Waals surface area contributed by atoms with Crippen LogP contribution in [0.15, 0.2) is 36.4 Å². The van der Waals surface area contributed by atoms with Gasteiger partial charge in [-0.3, -0.25) is 0 Å². The maximum Gasteiger partial charge on any atom is 0.129 e. The zero-order valence-corrected chi connectivity index (χ0v) is 13.6. The monoisotopic (exact) mass is 310 g/mol. The molecule has 1 atom stereocenters. The Kier molecular flexibility index (Phi) is 3.26. The van der Waals surface area contributed by atoms with Crippen LogP contribution in [0, 0.1) is 0 Å². The minimum absolute atomic E-state index is 0.0972. The summed E-state index contributed by atoms with van der Waals surface area (Å²) in [6, 6.07) is 11.7. The van der Waals surface area contributed by atoms with Gasteiger partial charge in [0.1, 0.15) is 22.8 Å². The van der Waals surface area contributed by atoms with Gasteiger partial charge in [-0.2, -0.15) is 0 Å². The normalized spacial score (nSPS) is 21.6. The van der Waals surface area contributed by atoms with Crippen LogP contribution >= 0.6 is 0 Å². The van der Waals surface area contributed by atoms with Crippen LogP contribution in [0.25, 0.3) is 0 Å². The molecule has 0 saturated heterocycles. The molecule has 0 fully saturated rings. The van der Waals surface area contributed by atoms with E-state index < -0.39 is 0 Å². The summed E-state index contributed by atoms with van der Waals surface area (Å²) in [7, 11) is 0. The molecule has 0 aliphatic carbocycles. The molecule has 1 unspecified atom stereocenters. The Morgan fingerprint density at radius 3 is 2.87 bits per heavy atom. The largest absolute Gasteiger partial charge is 0.508 e. The van der Waals surface area contributed by atoms with Gasteiger partial charge in [-0.15, -0.1) is 0 Å². The molecule has 3 nitrogen and oxygen atoms in total. The van der Waals surface area contributed by atoms with E-state index in [-0.39, 0.29) is 11.5 Å². The van der Waals surface area contributed by atoms with Crippen LogP contribution in [0.1, 0.15) is 42.9 Å². The van der Waals surface area contributed by atoms with Gasteiger partial charge in [0.15, 0.2) is 0 Å². The minimum Gasteiger partial charge on any atom is -0.508 e. The fraction of sp³-hybridized carbons (Fsp3) is 0.400. The van der Waals surface area contributed by atoms with E-state index in [1.807, 2.05) is 12.1 Å². The number of benzene rings is 2. The van der Waals surface area contributed by atoms with Gasteiger partial charge in [-0.25, -0.2) is 0 Å². The maximum absolute atomic E-state index is 9.69. The first-order valence-electron chi connectivity index (χ1n) is 8.27. The fourth-order valence-electron chi connectivity index (χ4n) is 3.61. The van der Waals surface area contributed by atoms with Crippen molar-refractivity contribution in [2.75, 3.05) is 6.61 Å². The van der Waals surface area contributed by atoms with Crippen molar-refractivity contribution in [2.45, 2.75) is 44.6 Å². The molecule has 3 heteroatoms. The molecule has 2 aromatic carbocycles. The number of fused-ring (bicyclic) bond motifs is 3. The first kappa shape index (κ1) is 14.4. The molecule has 0 aromatic heterocycles. The van der Waals surface area contributed by atoms with Crippen LogP contribution in [0.4, 0.5) is 0 Å². The van der Waals surface area contributed by atoms with Crippen LogP contribution in [-0.2, 0) is 12.8 Å². The summed E-state index contributed by atoms with van der Waals surface area (Å²) in [6.07, 6.45) is 2.95. The fourth-order valence-corrected chi connectivity index (χ4v) is 3.61. The summed E-state index contributed by atoms with van der Waals surface area (Å²) in [6.45, 7) is 4.92. The van der Waals surface area contributed by atoms with Crippen molar-refractivity contribution >= 4 is 0 Å². The highest BCUT2D eigenvalue weighted by Gasteiger charge is 2.32. The minimum atomic E-state index is -0.0972. The van der Waals surface area contributed by atoms with Gasteiger partial charge >= 0.3 is 0 Å². The molecule has 2 aliphatic heterocycles. The zero-order chi connectivity index (χ0) is 16.0. The zero-order valence-electron chi connectivity index (χ0n) is 13.6. The molecule has 0 bridgehead atoms. The lowest BCUT2D eigenvalue weighted by atomic mass is 9.86. The smallest absolute Gasteiger partial charge is 0.129 e. The first-order chi connectivity index (χ1) is 11.0. The Balaban J connectivity index is 1.64. The van der Waals surface area contributed by atoms with E-state index in [0.717, 1.165) is 36.3 Å². The topological polar surface area (TPSA) is 38.7 Å². The lowest BCUT2D eigenvalue weighted by Gasteiger charge is -2.35. The number of phenols is 1. The first-order valence-corrected chi connectivity index (χ1v) is 8.27. The highest BCUT2D eigenvalue weighted by atomic mass is 16.5. The third-order valence-corrected chi connectivity index (χ3v) is 4.90. The van der Waals surface area contributed by atoms with Gasteiger partial charge in [0, 0.05) is 11.5 Å². The molecule has 0 amide bonds. The summed E-state index contributed by atoms with van der Waals surface area (Å²) in [5.74, 6) is 2.59. The Hall–Kier alpha value is -2.16. The Bertz CT molecular complexity index is 749. The maximum atomic E-state index is 9.69. The summed E-state index contributed by atoms with van der Waals surface area (Å²) in [5, 5.41) is 9.69. The quantitative estimate of drug-likeness (QED) is 0.857. The third kappa shape index (κ3) is 2.65. The molecular weight excluding hydrogens is 288 g/mol. The Morgan fingerprint density at radius 1 is 1.17 bits per heavy atom. The average Bonchev–Trinajstić information content (AvgIpc) is 2.53. The van der Waals surface area contributed by atoms with Gasteiger partial charge in [-0.05, 0) is 62.4 Å². The SMILES string of the molecule is CC1(C)CCc2c(ccc3c2OCC(c2cccc(O)c2)C3)O1. The molecule has 0 saturated carbocycles. The summed E-state index contributed by atoms with van der Waals surface area (Å²) in [5.41, 5.74) is 3.49. The van der Waals surface area contributed by atoms with E-state index in [0.29, 0.717) is 12.4 Å². The predicted molar refractivity (Wildman–Crippen MR) is 89.5 cm³/mol. The second-order valence-corrected chi connectivity index (χ2v) is 7.20. The van der Waals surface area contributed by atoms with E-state index in [1.165, 1.54) is 11.1 Å². The molecule has 1 N–H and O–H groups in total. The van der Waals surface area contributed by atoms with E-state index in [4.69, 9.17) is 9.47 Å². The molecule has 23 heavy (non-hydrogen) atoms. The average molecular weight is 310 g/mol. The van der Waals surface area contributed by atoms with Crippen LogP contribution in [0.3, 0.4) is 0 Å². The van der Waals surface area contributed by atoms with E-state index in [1.54, 1.807) is 6.07 Å². The number of aromatic hydroxyl groups is 1. The van der Waals surface area contributed by atoms with Crippen molar-refractivity contribution in [3.8, 4) is 17.2 Å². The van der Waals surface area contributed by atoms with Gasteiger partial charge < -0.3 is 14.6 Å². The van der Waals surface area contributed by atoms with Crippen molar-refractivity contribution in [1.29, 1.82) is 0 Å². The molecule has 2 aliphatic rings. The van der Waals surface area contributed by atoms with Gasteiger partial charge in [0.2, 0.25) is 0 Å². The van der Waals surface area contributed by atoms with Crippen LogP contribution in [0.2, 0.25) is 0 Å². The second-order valence-electron chi connectivity index (χ2n) is 7.20. The lowest BCUT2D eigenvalue weighted by Crippen LogP contribution is -2.33. The van der Waals surface area contributed by atoms with Crippen LogP contribution in [0.5, 0.6) is 17.2 Å². The van der Waals surface area contributed by atoms with Crippen molar-refractivity contribution in [3.63, 3.8) is 0 Å². The molecule has 120 valence electrons. The van der Waals surface area contributed by atoms with E-state index in [9.17, 15) is 5.11 Å². The molecule has 0 radical (unpaired) electrons. The van der Waals surface area contributed by atoms with Crippen LogP contribution in [-0.4, -0.2) is 17.3 Å². The molecule has 0 spiro atoms. The molecule has 4 rings (SSSR count). The number of rotatable bonds is 1. The highest BCUT2D eigenvalue weighted by Crippen LogP contribution is 2.44. The second kappa shape index (κ2) is 5.19. The summed E-state index contributed by atoms with van der Waals surface area (Å²) >= 11 is 0.